The fourth-order valence-corrected chi connectivity index (χ4v) is 1.55. The molecule has 1 atom stereocenters. The van der Waals surface area contributed by atoms with Crippen molar-refractivity contribution in [3.63, 3.8) is 0 Å². The van der Waals surface area contributed by atoms with Crippen LogP contribution in [-0.4, -0.2) is 12.9 Å². The second kappa shape index (κ2) is 6.00. The predicted octanol–water partition coefficient (Wildman–Crippen LogP) is 2.96. The number of carbonyl (C=O) groups excluding carboxylic acids is 1. The van der Waals surface area contributed by atoms with E-state index in [-0.39, 0.29) is 5.56 Å². The molecule has 0 heterocycles. The zero-order valence-corrected chi connectivity index (χ0v) is 9.87. The monoisotopic (exact) mass is 235 g/mol. The highest BCUT2D eigenvalue weighted by atomic mass is 19.1. The van der Waals surface area contributed by atoms with Gasteiger partial charge in [0.05, 0.1) is 18.7 Å². The molecule has 1 unspecified atom stereocenters. The summed E-state index contributed by atoms with van der Waals surface area (Å²) < 4.78 is 18.5. The number of halogens is 1. The Bertz CT molecular complexity index is 451. The molecule has 0 bridgehead atoms. The maximum Gasteiger partial charge on any atom is 0.182 e. The lowest BCUT2D eigenvalue weighted by molar-refractivity contribution is 0.0939. The summed E-state index contributed by atoms with van der Waals surface area (Å²) >= 11 is 0. The van der Waals surface area contributed by atoms with E-state index < -0.39 is 17.5 Å². The van der Waals surface area contributed by atoms with E-state index in [0.29, 0.717) is 18.6 Å². The average Bonchev–Trinajstić information content (AvgIpc) is 2.35. The molecule has 0 aromatic heterocycles. The number of carbonyl (C=O) groups is 1. The molecule has 0 radical (unpaired) electrons. The summed E-state index contributed by atoms with van der Waals surface area (Å²) in [6, 6.07) is 5.92. The van der Waals surface area contributed by atoms with Crippen LogP contribution >= 0.6 is 0 Å². The molecule has 0 spiro atoms. The van der Waals surface area contributed by atoms with Gasteiger partial charge >= 0.3 is 0 Å². The molecule has 0 saturated heterocycles. The molecular weight excluding hydrogens is 221 g/mol. The third-order valence-corrected chi connectivity index (χ3v) is 2.49. The third kappa shape index (κ3) is 3.04. The molecule has 0 saturated carbocycles. The number of rotatable bonds is 5. The Kier molecular flexibility index (Phi) is 4.65. The number of hydrogen-bond donors (Lipinski definition) is 0. The largest absolute Gasteiger partial charge is 0.497 e. The fraction of sp³-hybridized carbons (Fsp3) is 0.385. The van der Waals surface area contributed by atoms with Gasteiger partial charge in [-0.3, -0.25) is 4.79 Å². The highest BCUT2D eigenvalue weighted by Crippen LogP contribution is 2.20. The summed E-state index contributed by atoms with van der Waals surface area (Å²) in [5.41, 5.74) is -0.0502. The van der Waals surface area contributed by atoms with Gasteiger partial charge in [0, 0.05) is 6.07 Å². The molecule has 0 N–H and O–H groups in total. The van der Waals surface area contributed by atoms with Gasteiger partial charge in [0.1, 0.15) is 17.5 Å². The molecule has 0 aliphatic rings. The van der Waals surface area contributed by atoms with Crippen molar-refractivity contribution in [3.8, 4) is 11.8 Å². The second-order valence-corrected chi connectivity index (χ2v) is 3.68. The Morgan fingerprint density at radius 1 is 1.59 bits per heavy atom. The third-order valence-electron chi connectivity index (χ3n) is 2.49. The first-order valence-electron chi connectivity index (χ1n) is 5.41. The van der Waals surface area contributed by atoms with Crippen LogP contribution < -0.4 is 4.74 Å². The van der Waals surface area contributed by atoms with Crippen molar-refractivity contribution in [3.05, 3.63) is 29.6 Å². The van der Waals surface area contributed by atoms with E-state index in [2.05, 4.69) is 0 Å². The lowest BCUT2D eigenvalue weighted by atomic mass is 9.94. The van der Waals surface area contributed by atoms with E-state index in [0.717, 1.165) is 6.07 Å². The maximum atomic E-state index is 13.6. The Balaban J connectivity index is 3.00. The standard InChI is InChI=1S/C13H14FNO2/c1-3-4-9(8-15)13(16)11-6-5-10(17-2)7-12(11)14/h5-7,9H,3-4H2,1-2H3. The molecular formula is C13H14FNO2. The number of benzene rings is 1. The minimum Gasteiger partial charge on any atom is -0.497 e. The van der Waals surface area contributed by atoms with Crippen molar-refractivity contribution in [2.45, 2.75) is 19.8 Å². The zero-order valence-electron chi connectivity index (χ0n) is 9.87. The average molecular weight is 235 g/mol. The minimum absolute atomic E-state index is 0.0502. The van der Waals surface area contributed by atoms with Gasteiger partial charge in [0.25, 0.3) is 0 Å². The van der Waals surface area contributed by atoms with E-state index in [1.165, 1.54) is 19.2 Å². The van der Waals surface area contributed by atoms with E-state index in [1.54, 1.807) is 0 Å². The maximum absolute atomic E-state index is 13.6. The summed E-state index contributed by atoms with van der Waals surface area (Å²) in [5.74, 6) is -1.54. The van der Waals surface area contributed by atoms with Crippen molar-refractivity contribution in [1.29, 1.82) is 5.26 Å². The van der Waals surface area contributed by atoms with Gasteiger partial charge in [-0.25, -0.2) is 4.39 Å². The van der Waals surface area contributed by atoms with Crippen molar-refractivity contribution >= 4 is 5.78 Å². The van der Waals surface area contributed by atoms with Crippen LogP contribution in [0.5, 0.6) is 5.75 Å². The van der Waals surface area contributed by atoms with Crippen molar-refractivity contribution in [1.82, 2.24) is 0 Å². The zero-order chi connectivity index (χ0) is 12.8. The number of ketones is 1. The summed E-state index contributed by atoms with van der Waals surface area (Å²) in [5, 5.41) is 8.86. The summed E-state index contributed by atoms with van der Waals surface area (Å²) in [6.07, 6.45) is 1.16. The van der Waals surface area contributed by atoms with Crippen molar-refractivity contribution in [2.24, 2.45) is 5.92 Å². The number of ether oxygens (including phenoxy) is 1. The molecule has 0 amide bonds. The minimum atomic E-state index is -0.775. The Morgan fingerprint density at radius 2 is 2.29 bits per heavy atom. The molecule has 0 fully saturated rings. The lowest BCUT2D eigenvalue weighted by Gasteiger charge is -2.08. The molecule has 1 aromatic rings. The van der Waals surface area contributed by atoms with E-state index in [4.69, 9.17) is 10.00 Å². The van der Waals surface area contributed by atoms with E-state index in [9.17, 15) is 9.18 Å². The number of nitrogens with zero attached hydrogens (tertiary/aromatic N) is 1. The van der Waals surface area contributed by atoms with Crippen molar-refractivity contribution in [2.75, 3.05) is 7.11 Å². The molecule has 17 heavy (non-hydrogen) atoms. The Hall–Kier alpha value is -1.89. The van der Waals surface area contributed by atoms with E-state index in [1.807, 2.05) is 13.0 Å². The molecule has 0 aliphatic carbocycles. The molecule has 1 rings (SSSR count). The van der Waals surface area contributed by atoms with Crippen LogP contribution in [0.4, 0.5) is 4.39 Å². The van der Waals surface area contributed by atoms with Gasteiger partial charge in [-0.05, 0) is 18.6 Å². The van der Waals surface area contributed by atoms with Crippen LogP contribution in [0.2, 0.25) is 0 Å². The summed E-state index contributed by atoms with van der Waals surface area (Å²) in [4.78, 5) is 11.9. The quantitative estimate of drug-likeness (QED) is 0.737. The van der Waals surface area contributed by atoms with Gasteiger partial charge in [-0.15, -0.1) is 0 Å². The Labute approximate surface area is 99.8 Å². The molecule has 4 heteroatoms. The van der Waals surface area contributed by atoms with Gasteiger partial charge in [0.15, 0.2) is 5.78 Å². The number of nitriles is 1. The van der Waals surface area contributed by atoms with Crippen LogP contribution in [0.3, 0.4) is 0 Å². The molecule has 90 valence electrons. The van der Waals surface area contributed by atoms with Crippen LogP contribution in [0.15, 0.2) is 18.2 Å². The number of Topliss-reactive ketones (excluding diaryl/α,β-unsaturated/α-hetero) is 1. The van der Waals surface area contributed by atoms with Gasteiger partial charge < -0.3 is 4.74 Å². The molecule has 0 aliphatic heterocycles. The first-order valence-corrected chi connectivity index (χ1v) is 5.41. The van der Waals surface area contributed by atoms with Crippen LogP contribution in [-0.2, 0) is 0 Å². The van der Waals surface area contributed by atoms with Crippen molar-refractivity contribution < 1.29 is 13.9 Å². The SMILES string of the molecule is CCCC(C#N)C(=O)c1ccc(OC)cc1F. The van der Waals surface area contributed by atoms with Crippen LogP contribution in [0.1, 0.15) is 30.1 Å². The molecule has 1 aromatic carbocycles. The number of methoxy groups -OCH3 is 1. The first kappa shape index (κ1) is 13.2. The highest BCUT2D eigenvalue weighted by Gasteiger charge is 2.21. The van der Waals surface area contributed by atoms with Gasteiger partial charge in [-0.1, -0.05) is 13.3 Å². The summed E-state index contributed by atoms with van der Waals surface area (Å²) in [6.45, 7) is 1.88. The van der Waals surface area contributed by atoms with Crippen LogP contribution in [0.25, 0.3) is 0 Å². The first-order chi connectivity index (χ1) is 8.13. The lowest BCUT2D eigenvalue weighted by Crippen LogP contribution is -2.14. The summed E-state index contributed by atoms with van der Waals surface area (Å²) in [7, 11) is 1.42. The second-order valence-electron chi connectivity index (χ2n) is 3.68. The normalized spacial score (nSPS) is 11.6. The van der Waals surface area contributed by atoms with Gasteiger partial charge in [-0.2, -0.15) is 5.26 Å². The number of hydrogen-bond acceptors (Lipinski definition) is 3. The van der Waals surface area contributed by atoms with Crippen LogP contribution in [0, 0.1) is 23.1 Å². The topological polar surface area (TPSA) is 50.1 Å². The Morgan fingerprint density at radius 3 is 2.76 bits per heavy atom. The highest BCUT2D eigenvalue weighted by molar-refractivity contribution is 5.99. The predicted molar refractivity (Wildman–Crippen MR) is 61.3 cm³/mol. The smallest absolute Gasteiger partial charge is 0.182 e. The molecule has 3 nitrogen and oxygen atoms in total. The van der Waals surface area contributed by atoms with Gasteiger partial charge in [0.2, 0.25) is 0 Å². The fourth-order valence-electron chi connectivity index (χ4n) is 1.55. The van der Waals surface area contributed by atoms with E-state index >= 15 is 0 Å².